The average molecular weight is 480 g/mol. The van der Waals surface area contributed by atoms with Gasteiger partial charge in [0.05, 0.1) is 19.1 Å². The number of fused-ring (bicyclic) bond motifs is 2. The van der Waals surface area contributed by atoms with Crippen LogP contribution in [0.2, 0.25) is 0 Å². The molecule has 0 saturated carbocycles. The molecule has 0 bridgehead atoms. The molecule has 4 rings (SSSR count). The molecule has 0 saturated heterocycles. The Balaban J connectivity index is 2.10. The minimum Gasteiger partial charge on any atom is -0.497 e. The predicted molar refractivity (Wildman–Crippen MR) is 123 cm³/mol. The maximum Gasteiger partial charge on any atom is 0.446 e. The SMILES string of the molecule is COc1ccc2c(C3=C(SC(F)(F)F)CCc4ccccc43)c(NS(C)(=O)=O)ccc2c1. The predicted octanol–water partition coefficient (Wildman–Crippen LogP) is 6.18. The fraction of sp³-hybridized carbons (Fsp3) is 0.217. The van der Waals surface area contributed by atoms with Gasteiger partial charge in [-0.2, -0.15) is 13.2 Å². The molecule has 0 spiro atoms. The van der Waals surface area contributed by atoms with Crippen molar-refractivity contribution in [2.75, 3.05) is 18.1 Å². The van der Waals surface area contributed by atoms with Crippen LogP contribution in [-0.2, 0) is 16.4 Å². The van der Waals surface area contributed by atoms with Crippen molar-refractivity contribution >= 4 is 43.8 Å². The van der Waals surface area contributed by atoms with Crippen LogP contribution in [0.15, 0.2) is 59.5 Å². The first kappa shape index (κ1) is 22.5. The normalized spacial score (nSPS) is 14.4. The summed E-state index contributed by atoms with van der Waals surface area (Å²) < 4.78 is 72.4. The maximum absolute atomic E-state index is 13.5. The molecule has 9 heteroatoms. The zero-order valence-electron chi connectivity index (χ0n) is 17.3. The van der Waals surface area contributed by atoms with Crippen LogP contribution in [-0.4, -0.2) is 27.3 Å². The van der Waals surface area contributed by atoms with Crippen molar-refractivity contribution in [3.8, 4) is 5.75 Å². The lowest BCUT2D eigenvalue weighted by atomic mass is 9.84. The number of alkyl halides is 3. The van der Waals surface area contributed by atoms with E-state index in [1.807, 2.05) is 12.1 Å². The molecule has 3 aromatic carbocycles. The van der Waals surface area contributed by atoms with E-state index in [0.717, 1.165) is 17.2 Å². The van der Waals surface area contributed by atoms with Crippen LogP contribution in [0.3, 0.4) is 0 Å². The summed E-state index contributed by atoms with van der Waals surface area (Å²) in [5, 5.41) is 1.36. The van der Waals surface area contributed by atoms with Gasteiger partial charge in [-0.15, -0.1) is 0 Å². The highest BCUT2D eigenvalue weighted by Crippen LogP contribution is 2.49. The number of aryl methyl sites for hydroxylation is 1. The highest BCUT2D eigenvalue weighted by molar-refractivity contribution is 8.04. The van der Waals surface area contributed by atoms with Gasteiger partial charge in [0, 0.05) is 16.0 Å². The van der Waals surface area contributed by atoms with Gasteiger partial charge in [-0.3, -0.25) is 4.72 Å². The van der Waals surface area contributed by atoms with Crippen LogP contribution in [0.5, 0.6) is 5.75 Å². The number of benzene rings is 3. The summed E-state index contributed by atoms with van der Waals surface area (Å²) in [5.74, 6) is 0.593. The fourth-order valence-electron chi connectivity index (χ4n) is 4.01. The molecule has 0 aromatic heterocycles. The Bertz CT molecular complexity index is 1330. The van der Waals surface area contributed by atoms with E-state index in [0.29, 0.717) is 34.3 Å². The van der Waals surface area contributed by atoms with Crippen molar-refractivity contribution in [2.24, 2.45) is 0 Å². The fourth-order valence-corrected chi connectivity index (χ4v) is 5.38. The van der Waals surface area contributed by atoms with Crippen molar-refractivity contribution in [1.29, 1.82) is 0 Å². The van der Waals surface area contributed by atoms with Crippen LogP contribution in [0.25, 0.3) is 16.3 Å². The van der Waals surface area contributed by atoms with E-state index in [1.165, 1.54) is 7.11 Å². The third kappa shape index (κ3) is 4.73. The molecule has 3 aromatic rings. The van der Waals surface area contributed by atoms with E-state index in [1.54, 1.807) is 42.5 Å². The van der Waals surface area contributed by atoms with E-state index >= 15 is 0 Å². The molecule has 0 aliphatic heterocycles. The topological polar surface area (TPSA) is 55.4 Å². The second kappa shape index (κ2) is 8.37. The summed E-state index contributed by atoms with van der Waals surface area (Å²) in [6, 6.07) is 15.8. The summed E-state index contributed by atoms with van der Waals surface area (Å²) in [6.45, 7) is 0. The maximum atomic E-state index is 13.5. The van der Waals surface area contributed by atoms with Crippen LogP contribution < -0.4 is 9.46 Å². The summed E-state index contributed by atoms with van der Waals surface area (Å²) >= 11 is -0.135. The lowest BCUT2D eigenvalue weighted by molar-refractivity contribution is -0.0322. The first-order valence-corrected chi connectivity index (χ1v) is 12.4. The van der Waals surface area contributed by atoms with Crippen LogP contribution >= 0.6 is 11.8 Å². The number of halogens is 3. The van der Waals surface area contributed by atoms with Crippen molar-refractivity contribution in [1.82, 2.24) is 0 Å². The Morgan fingerprint density at radius 2 is 1.78 bits per heavy atom. The lowest BCUT2D eigenvalue weighted by Crippen LogP contribution is -2.14. The summed E-state index contributed by atoms with van der Waals surface area (Å²) in [7, 11) is -2.15. The molecule has 0 amide bonds. The van der Waals surface area contributed by atoms with Gasteiger partial charge in [0.15, 0.2) is 0 Å². The highest BCUT2D eigenvalue weighted by atomic mass is 32.2. The number of allylic oxidation sites excluding steroid dienone is 1. The number of hydrogen-bond acceptors (Lipinski definition) is 4. The van der Waals surface area contributed by atoms with Crippen LogP contribution in [0.1, 0.15) is 23.1 Å². The largest absolute Gasteiger partial charge is 0.497 e. The molecule has 1 aliphatic carbocycles. The average Bonchev–Trinajstić information content (AvgIpc) is 2.71. The minimum atomic E-state index is -4.47. The first-order chi connectivity index (χ1) is 15.1. The minimum absolute atomic E-state index is 0.135. The number of hydrogen-bond donors (Lipinski definition) is 1. The Morgan fingerprint density at radius 1 is 1.03 bits per heavy atom. The molecule has 0 atom stereocenters. The summed E-state index contributed by atoms with van der Waals surface area (Å²) in [5.41, 5.74) is -1.82. The number of methoxy groups -OCH3 is 1. The van der Waals surface area contributed by atoms with E-state index in [9.17, 15) is 21.6 Å². The number of thioether (sulfide) groups is 1. The Hall–Kier alpha value is -2.65. The summed E-state index contributed by atoms with van der Waals surface area (Å²) in [4.78, 5) is 0.163. The quantitative estimate of drug-likeness (QED) is 0.475. The third-order valence-corrected chi connectivity index (χ3v) is 6.67. The zero-order chi connectivity index (χ0) is 23.1. The van der Waals surface area contributed by atoms with Gasteiger partial charge < -0.3 is 4.74 Å². The van der Waals surface area contributed by atoms with Gasteiger partial charge in [-0.25, -0.2) is 8.42 Å². The Kier molecular flexibility index (Phi) is 5.89. The number of nitrogens with one attached hydrogen (secondary N) is 1. The molecule has 0 radical (unpaired) electrons. The van der Waals surface area contributed by atoms with Crippen molar-refractivity contribution in [2.45, 2.75) is 18.3 Å². The molecule has 1 aliphatic rings. The van der Waals surface area contributed by atoms with Crippen LogP contribution in [0, 0.1) is 0 Å². The van der Waals surface area contributed by atoms with Gasteiger partial charge in [0.2, 0.25) is 10.0 Å². The molecule has 168 valence electrons. The number of ether oxygens (including phenoxy) is 1. The molecule has 0 fully saturated rings. The van der Waals surface area contributed by atoms with Crippen molar-refractivity contribution in [3.63, 3.8) is 0 Å². The van der Waals surface area contributed by atoms with E-state index < -0.39 is 15.5 Å². The van der Waals surface area contributed by atoms with Gasteiger partial charge in [-0.1, -0.05) is 30.3 Å². The second-order valence-electron chi connectivity index (χ2n) is 7.45. The highest BCUT2D eigenvalue weighted by Gasteiger charge is 2.34. The Labute approximate surface area is 188 Å². The van der Waals surface area contributed by atoms with Gasteiger partial charge in [-0.05, 0) is 70.8 Å². The van der Waals surface area contributed by atoms with Crippen LogP contribution in [0.4, 0.5) is 18.9 Å². The number of sulfonamides is 1. The zero-order valence-corrected chi connectivity index (χ0v) is 18.9. The van der Waals surface area contributed by atoms with Gasteiger partial charge >= 0.3 is 5.51 Å². The number of rotatable bonds is 5. The number of anilines is 1. The molecule has 0 heterocycles. The van der Waals surface area contributed by atoms with E-state index in [4.69, 9.17) is 4.74 Å². The first-order valence-electron chi connectivity index (χ1n) is 9.72. The van der Waals surface area contributed by atoms with E-state index in [-0.39, 0.29) is 28.8 Å². The second-order valence-corrected chi connectivity index (χ2v) is 10.4. The monoisotopic (exact) mass is 479 g/mol. The molecule has 0 unspecified atom stereocenters. The Morgan fingerprint density at radius 3 is 2.47 bits per heavy atom. The molecule has 32 heavy (non-hydrogen) atoms. The lowest BCUT2D eigenvalue weighted by Gasteiger charge is -2.26. The standard InChI is InChI=1S/C23H20F3NO3S2/c1-30-16-9-10-18-15(13-16)7-11-19(27-32(2,28)29)21(18)22-17-6-4-3-5-14(17)8-12-20(22)31-23(24,25)26/h3-7,9-11,13,27H,8,12H2,1-2H3. The smallest absolute Gasteiger partial charge is 0.446 e. The van der Waals surface area contributed by atoms with Gasteiger partial charge in [0.1, 0.15) is 5.75 Å². The molecular formula is C23H20F3NO3S2. The third-order valence-electron chi connectivity index (χ3n) is 5.20. The van der Waals surface area contributed by atoms with E-state index in [2.05, 4.69) is 4.72 Å². The van der Waals surface area contributed by atoms with Gasteiger partial charge in [0.25, 0.3) is 0 Å². The molecule has 1 N–H and O–H groups in total. The molecule has 4 nitrogen and oxygen atoms in total. The van der Waals surface area contributed by atoms with Crippen molar-refractivity contribution < 1.29 is 26.3 Å². The molecular weight excluding hydrogens is 459 g/mol. The van der Waals surface area contributed by atoms with Crippen molar-refractivity contribution in [3.05, 3.63) is 76.2 Å². The summed E-state index contributed by atoms with van der Waals surface area (Å²) in [6.07, 6.45) is 1.70.